The van der Waals surface area contributed by atoms with Gasteiger partial charge in [0.25, 0.3) is 11.1 Å². The molecule has 0 fully saturated rings. The summed E-state index contributed by atoms with van der Waals surface area (Å²) in [4.78, 5) is 17.3. The molecule has 0 bridgehead atoms. The zero-order chi connectivity index (χ0) is 20.3. The summed E-state index contributed by atoms with van der Waals surface area (Å²) in [7, 11) is 0. The Morgan fingerprint density at radius 2 is 1.83 bits per heavy atom. The van der Waals surface area contributed by atoms with Crippen LogP contribution in [0.1, 0.15) is 21.7 Å². The van der Waals surface area contributed by atoms with Gasteiger partial charge < -0.3 is 9.73 Å². The summed E-state index contributed by atoms with van der Waals surface area (Å²) in [6.07, 6.45) is 1.88. The van der Waals surface area contributed by atoms with Crippen LogP contribution in [-0.4, -0.2) is 25.5 Å². The van der Waals surface area contributed by atoms with Gasteiger partial charge >= 0.3 is 0 Å². The van der Waals surface area contributed by atoms with E-state index in [-0.39, 0.29) is 12.5 Å². The van der Waals surface area contributed by atoms with Gasteiger partial charge in [-0.05, 0) is 35.9 Å². The summed E-state index contributed by atoms with van der Waals surface area (Å²) in [5.41, 5.74) is 3.86. The monoisotopic (exact) mass is 415 g/mol. The number of para-hydroxylation sites is 2. The number of hydrogen-bond acceptors (Lipinski definition) is 6. The van der Waals surface area contributed by atoms with E-state index in [1.165, 1.54) is 11.8 Å². The molecule has 0 unspecified atom stereocenters. The molecule has 3 heterocycles. The molecule has 0 atom stereocenters. The number of benzene rings is 2. The Bertz CT molecular complexity index is 1310. The number of amides is 1. The van der Waals surface area contributed by atoms with Crippen molar-refractivity contribution < 1.29 is 9.21 Å². The number of aromatic nitrogens is 4. The van der Waals surface area contributed by atoms with E-state index in [1.54, 1.807) is 0 Å². The van der Waals surface area contributed by atoms with Crippen LogP contribution in [0.15, 0.2) is 82.6 Å². The van der Waals surface area contributed by atoms with Crippen LogP contribution in [0, 0.1) is 0 Å². The highest BCUT2D eigenvalue weighted by Gasteiger charge is 2.14. The van der Waals surface area contributed by atoms with Crippen molar-refractivity contribution in [1.29, 1.82) is 0 Å². The Morgan fingerprint density at radius 3 is 2.77 bits per heavy atom. The second kappa shape index (κ2) is 8.00. The lowest BCUT2D eigenvalue weighted by Crippen LogP contribution is -2.25. The van der Waals surface area contributed by atoms with Gasteiger partial charge in [0.1, 0.15) is 5.52 Å². The van der Waals surface area contributed by atoms with Crippen molar-refractivity contribution in [3.63, 3.8) is 0 Å². The topological polar surface area (TPSA) is 85.3 Å². The molecular formula is C22H17N5O2S. The molecule has 148 valence electrons. The molecule has 0 radical (unpaired) electrons. The minimum absolute atomic E-state index is 0.156. The van der Waals surface area contributed by atoms with Gasteiger partial charge in [0.2, 0.25) is 0 Å². The van der Waals surface area contributed by atoms with Crippen molar-refractivity contribution in [2.75, 3.05) is 0 Å². The number of fused-ring (bicyclic) bond motifs is 2. The molecular weight excluding hydrogens is 398 g/mol. The SMILES string of the molecule is O=C(NCc1nnc2ccccn12)c1ccccc1CSc1nc2ccccc2o1. The second-order valence-corrected chi connectivity index (χ2v) is 7.55. The van der Waals surface area contributed by atoms with Gasteiger partial charge in [-0.15, -0.1) is 10.2 Å². The normalized spacial score (nSPS) is 11.2. The highest BCUT2D eigenvalue weighted by Crippen LogP contribution is 2.27. The quantitative estimate of drug-likeness (QED) is 0.421. The lowest BCUT2D eigenvalue weighted by Gasteiger charge is -2.09. The maximum atomic E-state index is 12.8. The van der Waals surface area contributed by atoms with E-state index in [9.17, 15) is 4.79 Å². The van der Waals surface area contributed by atoms with Crippen molar-refractivity contribution in [2.45, 2.75) is 17.5 Å². The number of nitrogens with zero attached hydrogens (tertiary/aromatic N) is 4. The molecule has 1 amide bonds. The van der Waals surface area contributed by atoms with Crippen LogP contribution < -0.4 is 5.32 Å². The summed E-state index contributed by atoms with van der Waals surface area (Å²) in [5.74, 6) is 1.10. The number of rotatable bonds is 6. The Balaban J connectivity index is 1.29. The smallest absolute Gasteiger partial charge is 0.257 e. The van der Waals surface area contributed by atoms with E-state index in [2.05, 4.69) is 20.5 Å². The number of oxazole rings is 1. The highest BCUT2D eigenvalue weighted by molar-refractivity contribution is 7.98. The van der Waals surface area contributed by atoms with Gasteiger partial charge in [0, 0.05) is 17.5 Å². The van der Waals surface area contributed by atoms with E-state index in [0.29, 0.717) is 22.4 Å². The summed E-state index contributed by atoms with van der Waals surface area (Å²) in [5, 5.41) is 11.8. The molecule has 0 aliphatic rings. The summed E-state index contributed by atoms with van der Waals surface area (Å²) in [6, 6.07) is 20.9. The average molecular weight is 415 g/mol. The van der Waals surface area contributed by atoms with Crippen molar-refractivity contribution in [1.82, 2.24) is 24.9 Å². The third-order valence-electron chi connectivity index (χ3n) is 4.68. The molecule has 0 aliphatic heterocycles. The Kier molecular flexibility index (Phi) is 4.90. The molecule has 30 heavy (non-hydrogen) atoms. The van der Waals surface area contributed by atoms with E-state index < -0.39 is 0 Å². The first-order valence-electron chi connectivity index (χ1n) is 9.41. The number of nitrogens with one attached hydrogen (secondary N) is 1. The van der Waals surface area contributed by atoms with E-state index in [4.69, 9.17) is 4.42 Å². The van der Waals surface area contributed by atoms with Crippen LogP contribution in [0.3, 0.4) is 0 Å². The molecule has 0 aliphatic carbocycles. The molecule has 5 rings (SSSR count). The van der Waals surface area contributed by atoms with Crippen LogP contribution in [-0.2, 0) is 12.3 Å². The van der Waals surface area contributed by atoms with Gasteiger partial charge in [-0.25, -0.2) is 4.98 Å². The highest BCUT2D eigenvalue weighted by atomic mass is 32.2. The molecule has 0 saturated heterocycles. The van der Waals surface area contributed by atoms with Gasteiger partial charge in [0.15, 0.2) is 17.1 Å². The molecule has 3 aromatic heterocycles. The fourth-order valence-electron chi connectivity index (χ4n) is 3.19. The van der Waals surface area contributed by atoms with Crippen molar-refractivity contribution in [2.24, 2.45) is 0 Å². The van der Waals surface area contributed by atoms with Crippen LogP contribution in [0.5, 0.6) is 0 Å². The largest absolute Gasteiger partial charge is 0.431 e. The Hall–Kier alpha value is -3.65. The summed E-state index contributed by atoms with van der Waals surface area (Å²) >= 11 is 1.46. The third kappa shape index (κ3) is 3.65. The average Bonchev–Trinajstić information content (AvgIpc) is 3.40. The fourth-order valence-corrected chi connectivity index (χ4v) is 4.03. The van der Waals surface area contributed by atoms with Gasteiger partial charge in [-0.2, -0.15) is 0 Å². The second-order valence-electron chi connectivity index (χ2n) is 6.62. The van der Waals surface area contributed by atoms with E-state index in [0.717, 1.165) is 22.3 Å². The zero-order valence-electron chi connectivity index (χ0n) is 15.9. The zero-order valence-corrected chi connectivity index (χ0v) is 16.7. The predicted molar refractivity (Wildman–Crippen MR) is 114 cm³/mol. The van der Waals surface area contributed by atoms with Gasteiger partial charge in [-0.1, -0.05) is 48.2 Å². The number of pyridine rings is 1. The first-order chi connectivity index (χ1) is 14.8. The van der Waals surface area contributed by atoms with Gasteiger partial charge in [-0.3, -0.25) is 9.20 Å². The Labute approximate surface area is 176 Å². The van der Waals surface area contributed by atoms with Crippen molar-refractivity contribution in [3.05, 3.63) is 89.9 Å². The van der Waals surface area contributed by atoms with Crippen LogP contribution >= 0.6 is 11.8 Å². The summed E-state index contributed by atoms with van der Waals surface area (Å²) in [6.45, 7) is 0.288. The number of thioether (sulfide) groups is 1. The summed E-state index contributed by atoms with van der Waals surface area (Å²) < 4.78 is 7.62. The van der Waals surface area contributed by atoms with Crippen LogP contribution in [0.4, 0.5) is 0 Å². The van der Waals surface area contributed by atoms with Crippen molar-refractivity contribution >= 4 is 34.4 Å². The number of hydrogen-bond donors (Lipinski definition) is 1. The van der Waals surface area contributed by atoms with E-state index >= 15 is 0 Å². The molecule has 1 N–H and O–H groups in total. The van der Waals surface area contributed by atoms with Gasteiger partial charge in [0.05, 0.1) is 6.54 Å². The Morgan fingerprint density at radius 1 is 1.00 bits per heavy atom. The predicted octanol–water partition coefficient (Wildman–Crippen LogP) is 4.09. The number of carbonyl (C=O) groups excluding carboxylic acids is 1. The maximum absolute atomic E-state index is 12.8. The standard InChI is InChI=1S/C22H17N5O2S/c28-21(23-13-20-26-25-19-11-5-6-12-27(19)20)16-8-2-1-7-15(16)14-30-22-24-17-9-3-4-10-18(17)29-22/h1-12H,13-14H2,(H,23,28). The lowest BCUT2D eigenvalue weighted by molar-refractivity contribution is 0.0949. The first kappa shape index (κ1) is 18.4. The minimum Gasteiger partial charge on any atom is -0.431 e. The maximum Gasteiger partial charge on any atom is 0.257 e. The molecule has 2 aromatic carbocycles. The molecule has 7 nitrogen and oxygen atoms in total. The molecule has 8 heteroatoms. The number of carbonyl (C=O) groups is 1. The van der Waals surface area contributed by atoms with Crippen LogP contribution in [0.25, 0.3) is 16.7 Å². The molecule has 0 saturated carbocycles. The third-order valence-corrected chi connectivity index (χ3v) is 5.56. The molecule has 0 spiro atoms. The van der Waals surface area contributed by atoms with Crippen molar-refractivity contribution in [3.8, 4) is 0 Å². The lowest BCUT2D eigenvalue weighted by atomic mass is 10.1. The van der Waals surface area contributed by atoms with Crippen LogP contribution in [0.2, 0.25) is 0 Å². The van der Waals surface area contributed by atoms with E-state index in [1.807, 2.05) is 77.3 Å². The molecule has 5 aromatic rings. The fraction of sp³-hybridized carbons (Fsp3) is 0.0909. The first-order valence-corrected chi connectivity index (χ1v) is 10.4. The minimum atomic E-state index is -0.156.